The predicted molar refractivity (Wildman–Crippen MR) is 86.6 cm³/mol. The van der Waals surface area contributed by atoms with Crippen LogP contribution in [0, 0.1) is 5.82 Å². The molecule has 0 aliphatic heterocycles. The van der Waals surface area contributed by atoms with Gasteiger partial charge in [-0.15, -0.1) is 0 Å². The summed E-state index contributed by atoms with van der Waals surface area (Å²) >= 11 is 3.36. The highest BCUT2D eigenvalue weighted by Gasteiger charge is 2.04. The van der Waals surface area contributed by atoms with Crippen molar-refractivity contribution >= 4 is 21.6 Å². The smallest absolute Gasteiger partial charge is 0.128 e. The Balaban J connectivity index is 2.02. The molecule has 1 atom stereocenters. The van der Waals surface area contributed by atoms with Crippen LogP contribution in [0.1, 0.15) is 37.3 Å². The van der Waals surface area contributed by atoms with Gasteiger partial charge in [0.05, 0.1) is 0 Å². The molecule has 0 radical (unpaired) electrons. The first-order valence-electron chi connectivity index (χ1n) is 6.88. The molecule has 0 heterocycles. The molecule has 0 aliphatic rings. The quantitative estimate of drug-likeness (QED) is 0.737. The Morgan fingerprint density at radius 1 is 1.15 bits per heavy atom. The molecule has 2 rings (SSSR count). The molecule has 1 nitrogen and oxygen atoms in total. The second-order valence-electron chi connectivity index (χ2n) is 5.02. The number of rotatable bonds is 5. The van der Waals surface area contributed by atoms with E-state index in [9.17, 15) is 4.39 Å². The van der Waals surface area contributed by atoms with Gasteiger partial charge < -0.3 is 5.32 Å². The summed E-state index contributed by atoms with van der Waals surface area (Å²) < 4.78 is 14.5. The molecule has 3 heteroatoms. The maximum absolute atomic E-state index is 13.6. The zero-order valence-corrected chi connectivity index (χ0v) is 13.4. The molecule has 106 valence electrons. The average molecular weight is 336 g/mol. The molecule has 2 aromatic carbocycles. The fourth-order valence-electron chi connectivity index (χ4n) is 2.04. The first-order valence-corrected chi connectivity index (χ1v) is 7.67. The number of anilines is 1. The SMILES string of the molecule is CCC(C)c1ccc(NCc2cc(Br)ccc2F)cc1. The Morgan fingerprint density at radius 3 is 2.50 bits per heavy atom. The molecule has 0 spiro atoms. The summed E-state index contributed by atoms with van der Waals surface area (Å²) in [5, 5.41) is 3.25. The molecule has 0 saturated carbocycles. The van der Waals surface area contributed by atoms with Crippen molar-refractivity contribution in [3.63, 3.8) is 0 Å². The lowest BCUT2D eigenvalue weighted by molar-refractivity contribution is 0.612. The van der Waals surface area contributed by atoms with Gasteiger partial charge >= 0.3 is 0 Å². The van der Waals surface area contributed by atoms with Crippen LogP contribution in [0.3, 0.4) is 0 Å². The number of hydrogen-bond acceptors (Lipinski definition) is 1. The predicted octanol–water partition coefficient (Wildman–Crippen LogP) is 5.71. The summed E-state index contributed by atoms with van der Waals surface area (Å²) in [5.41, 5.74) is 3.01. The zero-order valence-electron chi connectivity index (χ0n) is 11.8. The minimum absolute atomic E-state index is 0.183. The standard InChI is InChI=1S/C17H19BrFN/c1-3-12(2)13-4-7-16(8-5-13)20-11-14-10-15(18)6-9-17(14)19/h4-10,12,20H,3,11H2,1-2H3. The van der Waals surface area contributed by atoms with Crippen LogP contribution >= 0.6 is 15.9 Å². The Labute approximate surface area is 128 Å². The van der Waals surface area contributed by atoms with Crippen molar-refractivity contribution in [1.82, 2.24) is 0 Å². The van der Waals surface area contributed by atoms with E-state index >= 15 is 0 Å². The minimum Gasteiger partial charge on any atom is -0.381 e. The highest BCUT2D eigenvalue weighted by atomic mass is 79.9. The van der Waals surface area contributed by atoms with Crippen molar-refractivity contribution in [2.75, 3.05) is 5.32 Å². The van der Waals surface area contributed by atoms with E-state index < -0.39 is 0 Å². The van der Waals surface area contributed by atoms with Crippen LogP contribution < -0.4 is 5.32 Å². The van der Waals surface area contributed by atoms with Gasteiger partial charge in [-0.2, -0.15) is 0 Å². The van der Waals surface area contributed by atoms with Crippen LogP contribution in [0.25, 0.3) is 0 Å². The van der Waals surface area contributed by atoms with E-state index in [-0.39, 0.29) is 5.82 Å². The fraction of sp³-hybridized carbons (Fsp3) is 0.294. The monoisotopic (exact) mass is 335 g/mol. The number of nitrogens with one attached hydrogen (secondary N) is 1. The molecule has 0 saturated heterocycles. The average Bonchev–Trinajstić information content (AvgIpc) is 2.48. The molecule has 20 heavy (non-hydrogen) atoms. The van der Waals surface area contributed by atoms with Crippen molar-refractivity contribution in [2.24, 2.45) is 0 Å². The second kappa shape index (κ2) is 6.89. The van der Waals surface area contributed by atoms with Gasteiger partial charge in [-0.25, -0.2) is 4.39 Å². The fourth-order valence-corrected chi connectivity index (χ4v) is 2.45. The van der Waals surface area contributed by atoms with Crippen LogP contribution in [0.15, 0.2) is 46.9 Å². The summed E-state index contributed by atoms with van der Waals surface area (Å²) in [6, 6.07) is 13.4. The molecule has 0 aromatic heterocycles. The van der Waals surface area contributed by atoms with Crippen LogP contribution in [0.2, 0.25) is 0 Å². The topological polar surface area (TPSA) is 12.0 Å². The third-order valence-electron chi connectivity index (χ3n) is 3.58. The second-order valence-corrected chi connectivity index (χ2v) is 5.94. The van der Waals surface area contributed by atoms with E-state index in [2.05, 4.69) is 59.4 Å². The third kappa shape index (κ3) is 3.83. The van der Waals surface area contributed by atoms with Crippen LogP contribution in [-0.4, -0.2) is 0 Å². The number of halogens is 2. The van der Waals surface area contributed by atoms with Crippen molar-refractivity contribution in [3.8, 4) is 0 Å². The Hall–Kier alpha value is -1.35. The zero-order chi connectivity index (χ0) is 14.5. The molecule has 1 unspecified atom stereocenters. The Kier molecular flexibility index (Phi) is 5.18. The highest BCUT2D eigenvalue weighted by Crippen LogP contribution is 2.21. The Morgan fingerprint density at radius 2 is 1.85 bits per heavy atom. The van der Waals surface area contributed by atoms with E-state index in [1.807, 2.05) is 0 Å². The summed E-state index contributed by atoms with van der Waals surface area (Å²) in [7, 11) is 0. The molecule has 0 amide bonds. The van der Waals surface area contributed by atoms with Crippen molar-refractivity contribution in [1.29, 1.82) is 0 Å². The Bertz CT molecular complexity index is 566. The van der Waals surface area contributed by atoms with Crippen LogP contribution in [-0.2, 0) is 6.54 Å². The van der Waals surface area contributed by atoms with E-state index in [0.29, 0.717) is 18.0 Å². The van der Waals surface area contributed by atoms with E-state index in [1.165, 1.54) is 11.6 Å². The normalized spacial score (nSPS) is 12.2. The number of benzene rings is 2. The molecular formula is C17H19BrFN. The first-order chi connectivity index (χ1) is 9.60. The summed E-state index contributed by atoms with van der Waals surface area (Å²) in [6.07, 6.45) is 1.13. The minimum atomic E-state index is -0.183. The molecule has 0 fully saturated rings. The van der Waals surface area contributed by atoms with Gasteiger partial charge in [-0.05, 0) is 48.2 Å². The summed E-state index contributed by atoms with van der Waals surface area (Å²) in [5.74, 6) is 0.392. The van der Waals surface area contributed by atoms with E-state index in [1.54, 1.807) is 12.1 Å². The van der Waals surface area contributed by atoms with E-state index in [0.717, 1.165) is 16.6 Å². The molecule has 2 aromatic rings. The van der Waals surface area contributed by atoms with Gasteiger partial charge in [0.2, 0.25) is 0 Å². The highest BCUT2D eigenvalue weighted by molar-refractivity contribution is 9.10. The van der Waals surface area contributed by atoms with Crippen LogP contribution in [0.5, 0.6) is 0 Å². The van der Waals surface area contributed by atoms with Gasteiger partial charge in [0, 0.05) is 22.3 Å². The van der Waals surface area contributed by atoms with Gasteiger partial charge in [0.1, 0.15) is 5.82 Å². The lowest BCUT2D eigenvalue weighted by Gasteiger charge is -2.11. The molecule has 0 aliphatic carbocycles. The van der Waals surface area contributed by atoms with Crippen molar-refractivity contribution < 1.29 is 4.39 Å². The number of hydrogen-bond donors (Lipinski definition) is 1. The molecular weight excluding hydrogens is 317 g/mol. The molecule has 1 N–H and O–H groups in total. The van der Waals surface area contributed by atoms with Crippen molar-refractivity contribution in [2.45, 2.75) is 32.7 Å². The van der Waals surface area contributed by atoms with Crippen molar-refractivity contribution in [3.05, 3.63) is 63.9 Å². The lowest BCUT2D eigenvalue weighted by Crippen LogP contribution is -2.02. The summed E-state index contributed by atoms with van der Waals surface area (Å²) in [4.78, 5) is 0. The largest absolute Gasteiger partial charge is 0.381 e. The summed E-state index contributed by atoms with van der Waals surface area (Å²) in [6.45, 7) is 4.89. The third-order valence-corrected chi connectivity index (χ3v) is 4.08. The van der Waals surface area contributed by atoms with E-state index in [4.69, 9.17) is 0 Å². The lowest BCUT2D eigenvalue weighted by atomic mass is 9.99. The first kappa shape index (κ1) is 15.0. The molecule has 0 bridgehead atoms. The van der Waals surface area contributed by atoms with Gasteiger partial charge in [0.25, 0.3) is 0 Å². The maximum Gasteiger partial charge on any atom is 0.128 e. The maximum atomic E-state index is 13.6. The van der Waals surface area contributed by atoms with Crippen LogP contribution in [0.4, 0.5) is 10.1 Å². The van der Waals surface area contributed by atoms with Gasteiger partial charge in [-0.3, -0.25) is 0 Å². The van der Waals surface area contributed by atoms with Gasteiger partial charge in [0.15, 0.2) is 0 Å². The van der Waals surface area contributed by atoms with Gasteiger partial charge in [-0.1, -0.05) is 41.9 Å².